The number of halogens is 1. The molecule has 0 spiro atoms. The highest BCUT2D eigenvalue weighted by Crippen LogP contribution is 2.23. The van der Waals surface area contributed by atoms with E-state index in [-0.39, 0.29) is 18.2 Å². The highest BCUT2D eigenvalue weighted by atomic mass is 35.5. The predicted molar refractivity (Wildman–Crippen MR) is 109 cm³/mol. The number of aromatic nitrogens is 1. The molecular formula is C20H24ClN3O3. The van der Waals surface area contributed by atoms with Gasteiger partial charge in [-0.05, 0) is 29.8 Å². The molecule has 1 saturated heterocycles. The van der Waals surface area contributed by atoms with E-state index in [1.165, 1.54) is 15.8 Å². The summed E-state index contributed by atoms with van der Waals surface area (Å²) in [6.45, 7) is 4.81. The van der Waals surface area contributed by atoms with Crippen LogP contribution in [0.2, 0.25) is 0 Å². The van der Waals surface area contributed by atoms with Crippen molar-refractivity contribution in [3.8, 4) is 5.75 Å². The lowest BCUT2D eigenvalue weighted by molar-refractivity contribution is 0.250. The van der Waals surface area contributed by atoms with Crippen LogP contribution in [0, 0.1) is 0 Å². The molecule has 4 rings (SSSR count). The van der Waals surface area contributed by atoms with E-state index in [4.69, 9.17) is 9.15 Å². The van der Waals surface area contributed by atoms with Crippen LogP contribution in [0.5, 0.6) is 5.75 Å². The normalized spacial score (nSPS) is 15.0. The Morgan fingerprint density at radius 2 is 1.85 bits per heavy atom. The number of piperazine rings is 1. The summed E-state index contributed by atoms with van der Waals surface area (Å²) in [5.74, 6) is 0.576. The molecule has 0 atom stereocenters. The lowest BCUT2D eigenvalue weighted by Crippen LogP contribution is -2.45. The molecule has 2 aromatic carbocycles. The Balaban J connectivity index is 0.00000210. The van der Waals surface area contributed by atoms with Gasteiger partial charge in [0.2, 0.25) is 0 Å². The second-order valence-corrected chi connectivity index (χ2v) is 6.69. The van der Waals surface area contributed by atoms with Gasteiger partial charge in [-0.1, -0.05) is 12.1 Å². The van der Waals surface area contributed by atoms with Crippen molar-refractivity contribution in [2.24, 2.45) is 7.05 Å². The number of fused-ring (bicyclic) bond motifs is 1. The Morgan fingerprint density at radius 3 is 2.59 bits per heavy atom. The summed E-state index contributed by atoms with van der Waals surface area (Å²) >= 11 is 0. The summed E-state index contributed by atoms with van der Waals surface area (Å²) < 4.78 is 12.1. The standard InChI is InChI=1S/C20H23N3O3.ClH/c1-21-18-7-6-15(12-19(18)26-20(21)24)14-22-8-10-23(11-9-22)16-4-3-5-17(13-16)25-2;/h3-7,12-13H,8-11,14H2,1-2H3;1H. The minimum absolute atomic E-state index is 0. The van der Waals surface area contributed by atoms with Gasteiger partial charge in [-0.25, -0.2) is 4.79 Å². The first-order chi connectivity index (χ1) is 12.6. The number of methoxy groups -OCH3 is 1. The summed E-state index contributed by atoms with van der Waals surface area (Å²) in [6, 6.07) is 14.2. The number of hydrogen-bond donors (Lipinski definition) is 0. The van der Waals surface area contributed by atoms with Gasteiger partial charge in [-0.3, -0.25) is 9.47 Å². The zero-order chi connectivity index (χ0) is 18.1. The minimum atomic E-state index is -0.316. The van der Waals surface area contributed by atoms with Gasteiger partial charge in [0.25, 0.3) is 0 Å². The van der Waals surface area contributed by atoms with Crippen molar-refractivity contribution in [2.75, 3.05) is 38.2 Å². The largest absolute Gasteiger partial charge is 0.497 e. The fourth-order valence-corrected chi connectivity index (χ4v) is 3.51. The number of benzene rings is 2. The summed E-state index contributed by atoms with van der Waals surface area (Å²) in [6.07, 6.45) is 0. The molecule has 0 amide bonds. The number of hydrogen-bond acceptors (Lipinski definition) is 5. The van der Waals surface area contributed by atoms with Crippen LogP contribution >= 0.6 is 12.4 Å². The molecule has 7 heteroatoms. The van der Waals surface area contributed by atoms with Crippen molar-refractivity contribution in [2.45, 2.75) is 6.54 Å². The highest BCUT2D eigenvalue weighted by Gasteiger charge is 2.18. The van der Waals surface area contributed by atoms with Crippen molar-refractivity contribution >= 4 is 29.2 Å². The predicted octanol–water partition coefficient (Wildman–Crippen LogP) is 2.88. The monoisotopic (exact) mass is 389 g/mol. The maximum absolute atomic E-state index is 11.6. The first kappa shape index (κ1) is 19.3. The Kier molecular flexibility index (Phi) is 5.77. The van der Waals surface area contributed by atoms with Gasteiger partial charge in [0.1, 0.15) is 5.75 Å². The number of ether oxygens (including phenoxy) is 1. The molecule has 0 unspecified atom stereocenters. The second kappa shape index (κ2) is 8.06. The number of rotatable bonds is 4. The van der Waals surface area contributed by atoms with E-state index >= 15 is 0 Å². The molecule has 144 valence electrons. The molecule has 1 aromatic heterocycles. The third kappa shape index (κ3) is 3.96. The van der Waals surface area contributed by atoms with Gasteiger partial charge < -0.3 is 14.1 Å². The van der Waals surface area contributed by atoms with Crippen LogP contribution in [0.3, 0.4) is 0 Å². The van der Waals surface area contributed by atoms with Crippen molar-refractivity contribution < 1.29 is 9.15 Å². The fourth-order valence-electron chi connectivity index (χ4n) is 3.51. The van der Waals surface area contributed by atoms with E-state index in [1.54, 1.807) is 14.2 Å². The Bertz CT molecular complexity index is 974. The van der Waals surface area contributed by atoms with Crippen molar-refractivity contribution in [1.82, 2.24) is 9.47 Å². The number of anilines is 1. The van der Waals surface area contributed by atoms with E-state index in [1.807, 2.05) is 24.3 Å². The first-order valence-electron chi connectivity index (χ1n) is 8.84. The Hall–Kier alpha value is -2.44. The SMILES string of the molecule is COc1cccc(N2CCN(Cc3ccc4c(c3)oc(=O)n4C)CC2)c1.Cl. The van der Waals surface area contributed by atoms with E-state index < -0.39 is 0 Å². The minimum Gasteiger partial charge on any atom is -0.497 e. The van der Waals surface area contributed by atoms with Crippen LogP contribution in [0.4, 0.5) is 5.69 Å². The highest BCUT2D eigenvalue weighted by molar-refractivity contribution is 5.85. The number of oxazole rings is 1. The first-order valence-corrected chi connectivity index (χ1v) is 8.84. The molecule has 1 aliphatic heterocycles. The van der Waals surface area contributed by atoms with Crippen molar-refractivity contribution in [1.29, 1.82) is 0 Å². The molecular weight excluding hydrogens is 366 g/mol. The fraction of sp³-hybridized carbons (Fsp3) is 0.350. The molecule has 1 aliphatic rings. The maximum atomic E-state index is 11.6. The zero-order valence-electron chi connectivity index (χ0n) is 15.6. The third-order valence-electron chi connectivity index (χ3n) is 5.05. The van der Waals surface area contributed by atoms with Gasteiger partial charge >= 0.3 is 5.76 Å². The molecule has 27 heavy (non-hydrogen) atoms. The molecule has 0 saturated carbocycles. The molecule has 0 N–H and O–H groups in total. The molecule has 1 fully saturated rings. The van der Waals surface area contributed by atoms with Crippen LogP contribution in [0.15, 0.2) is 51.7 Å². The molecule has 3 aromatic rings. The van der Waals surface area contributed by atoms with Gasteiger partial charge in [0.05, 0.1) is 12.6 Å². The molecule has 2 heterocycles. The second-order valence-electron chi connectivity index (χ2n) is 6.69. The summed E-state index contributed by atoms with van der Waals surface area (Å²) in [5, 5.41) is 0. The molecule has 0 bridgehead atoms. The zero-order valence-corrected chi connectivity index (χ0v) is 16.4. The molecule has 0 radical (unpaired) electrons. The number of nitrogens with zero attached hydrogens (tertiary/aromatic N) is 3. The summed E-state index contributed by atoms with van der Waals surface area (Å²) in [4.78, 5) is 16.4. The Morgan fingerprint density at radius 1 is 1.07 bits per heavy atom. The van der Waals surface area contributed by atoms with Crippen LogP contribution < -0.4 is 15.4 Å². The third-order valence-corrected chi connectivity index (χ3v) is 5.05. The number of aryl methyl sites for hydroxylation is 1. The van der Waals surface area contributed by atoms with Crippen molar-refractivity contribution in [3.05, 3.63) is 58.6 Å². The van der Waals surface area contributed by atoms with Crippen molar-refractivity contribution in [3.63, 3.8) is 0 Å². The van der Waals surface area contributed by atoms with E-state index in [0.29, 0.717) is 5.58 Å². The van der Waals surface area contributed by atoms with Gasteiger partial charge in [-0.15, -0.1) is 12.4 Å². The maximum Gasteiger partial charge on any atom is 0.419 e. The summed E-state index contributed by atoms with van der Waals surface area (Å²) in [7, 11) is 3.42. The van der Waals surface area contributed by atoms with Gasteiger partial charge in [-0.2, -0.15) is 0 Å². The van der Waals surface area contributed by atoms with Crippen LogP contribution in [-0.4, -0.2) is 42.8 Å². The Labute approximate surface area is 164 Å². The summed E-state index contributed by atoms with van der Waals surface area (Å²) in [5.41, 5.74) is 3.87. The van der Waals surface area contributed by atoms with Gasteiger partial charge in [0, 0.05) is 51.5 Å². The molecule has 0 aliphatic carbocycles. The molecule has 6 nitrogen and oxygen atoms in total. The average molecular weight is 390 g/mol. The van der Waals surface area contributed by atoms with E-state index in [0.717, 1.165) is 44.0 Å². The topological polar surface area (TPSA) is 50.9 Å². The van der Waals surface area contributed by atoms with Crippen LogP contribution in [0.25, 0.3) is 11.1 Å². The lowest BCUT2D eigenvalue weighted by atomic mass is 10.1. The van der Waals surface area contributed by atoms with E-state index in [9.17, 15) is 4.79 Å². The van der Waals surface area contributed by atoms with Crippen LogP contribution in [-0.2, 0) is 13.6 Å². The smallest absolute Gasteiger partial charge is 0.419 e. The van der Waals surface area contributed by atoms with E-state index in [2.05, 4.69) is 28.0 Å². The lowest BCUT2D eigenvalue weighted by Gasteiger charge is -2.36. The van der Waals surface area contributed by atoms with Gasteiger partial charge in [0.15, 0.2) is 5.58 Å². The van der Waals surface area contributed by atoms with Crippen LogP contribution in [0.1, 0.15) is 5.56 Å². The average Bonchev–Trinajstić information content (AvgIpc) is 2.96. The quantitative estimate of drug-likeness (QED) is 0.686.